The van der Waals surface area contributed by atoms with Gasteiger partial charge in [-0.15, -0.1) is 0 Å². The van der Waals surface area contributed by atoms with Crippen LogP contribution in [-0.4, -0.2) is 25.3 Å². The Morgan fingerprint density at radius 2 is 2.17 bits per heavy atom. The van der Waals surface area contributed by atoms with Crippen LogP contribution in [0.15, 0.2) is 24.3 Å². The van der Waals surface area contributed by atoms with Crippen molar-refractivity contribution in [2.24, 2.45) is 5.73 Å². The van der Waals surface area contributed by atoms with E-state index in [0.717, 1.165) is 11.3 Å². The van der Waals surface area contributed by atoms with Gasteiger partial charge in [0.2, 0.25) is 0 Å². The predicted octanol–water partition coefficient (Wildman–Crippen LogP) is 1.69. The highest BCUT2D eigenvalue weighted by molar-refractivity contribution is 5.89. The Bertz CT molecular complexity index is 405. The highest BCUT2D eigenvalue weighted by atomic mass is 16.5. The summed E-state index contributed by atoms with van der Waals surface area (Å²) in [4.78, 5) is 11.8. The van der Waals surface area contributed by atoms with Crippen LogP contribution in [0, 0.1) is 0 Å². The molecule has 0 heterocycles. The number of hydrogen-bond acceptors (Lipinski definition) is 3. The number of hydrogen-bond donors (Lipinski definition) is 3. The third kappa shape index (κ3) is 4.73. The number of benzene rings is 1. The van der Waals surface area contributed by atoms with Crippen LogP contribution in [0.2, 0.25) is 0 Å². The quantitative estimate of drug-likeness (QED) is 0.745. The van der Waals surface area contributed by atoms with Crippen molar-refractivity contribution in [3.8, 4) is 0 Å². The molecule has 1 aromatic carbocycles. The number of nitrogens with two attached hydrogens (primary N) is 1. The second kappa shape index (κ2) is 6.37. The molecule has 0 bridgehead atoms. The summed E-state index contributed by atoms with van der Waals surface area (Å²) in [6.45, 7) is 4.69. The lowest BCUT2D eigenvalue weighted by Crippen LogP contribution is -2.48. The lowest BCUT2D eigenvalue weighted by molar-refractivity contribution is 0.133. The fourth-order valence-electron chi connectivity index (χ4n) is 1.64. The molecule has 0 aliphatic carbocycles. The molecule has 0 atom stereocenters. The van der Waals surface area contributed by atoms with E-state index in [0.29, 0.717) is 13.2 Å². The first-order valence-corrected chi connectivity index (χ1v) is 5.84. The summed E-state index contributed by atoms with van der Waals surface area (Å²) in [5.41, 5.74) is 6.84. The van der Waals surface area contributed by atoms with Crippen LogP contribution in [0.25, 0.3) is 0 Å². The second-order valence-corrected chi connectivity index (χ2v) is 4.80. The zero-order chi connectivity index (χ0) is 13.6. The molecule has 0 radical (unpaired) electrons. The molecule has 4 N–H and O–H groups in total. The molecular formula is C13H21N3O2. The summed E-state index contributed by atoms with van der Waals surface area (Å²) in [6.07, 6.45) is 0. The Kier molecular flexibility index (Phi) is 5.12. The zero-order valence-corrected chi connectivity index (χ0v) is 11.1. The van der Waals surface area contributed by atoms with E-state index in [1.54, 1.807) is 7.11 Å². The Labute approximate surface area is 108 Å². The minimum absolute atomic E-state index is 0.258. The highest BCUT2D eigenvalue weighted by Gasteiger charge is 2.19. The SMILES string of the molecule is COCC(C)(C)NC(=O)Nc1cccc(CN)c1. The maximum Gasteiger partial charge on any atom is 0.319 e. The predicted molar refractivity (Wildman–Crippen MR) is 72.4 cm³/mol. The van der Waals surface area contributed by atoms with Crippen molar-refractivity contribution >= 4 is 11.7 Å². The zero-order valence-electron chi connectivity index (χ0n) is 11.1. The summed E-state index contributed by atoms with van der Waals surface area (Å²) in [5, 5.41) is 5.61. The maximum absolute atomic E-state index is 11.8. The number of carbonyl (C=O) groups is 1. The van der Waals surface area contributed by atoms with E-state index in [-0.39, 0.29) is 6.03 Å². The van der Waals surface area contributed by atoms with Crippen LogP contribution >= 0.6 is 0 Å². The Balaban J connectivity index is 2.59. The maximum atomic E-state index is 11.8. The van der Waals surface area contributed by atoms with Crippen LogP contribution in [0.5, 0.6) is 0 Å². The van der Waals surface area contributed by atoms with Gasteiger partial charge < -0.3 is 21.1 Å². The number of ether oxygens (including phenoxy) is 1. The molecule has 0 saturated heterocycles. The van der Waals surface area contributed by atoms with Crippen LogP contribution in [0.3, 0.4) is 0 Å². The van der Waals surface area contributed by atoms with Crippen LogP contribution in [0.1, 0.15) is 19.4 Å². The normalized spacial score (nSPS) is 11.1. The van der Waals surface area contributed by atoms with E-state index in [4.69, 9.17) is 10.5 Å². The average Bonchev–Trinajstić information content (AvgIpc) is 2.28. The summed E-state index contributed by atoms with van der Waals surface area (Å²) in [7, 11) is 1.60. The number of carbonyl (C=O) groups excluding carboxylic acids is 1. The van der Waals surface area contributed by atoms with Crippen molar-refractivity contribution in [1.82, 2.24) is 5.32 Å². The largest absolute Gasteiger partial charge is 0.382 e. The fourth-order valence-corrected chi connectivity index (χ4v) is 1.64. The molecule has 100 valence electrons. The van der Waals surface area contributed by atoms with Crippen LogP contribution in [0.4, 0.5) is 10.5 Å². The number of urea groups is 1. The van der Waals surface area contributed by atoms with E-state index in [9.17, 15) is 4.79 Å². The molecule has 0 saturated carbocycles. The minimum Gasteiger partial charge on any atom is -0.382 e. The third-order valence-corrected chi connectivity index (χ3v) is 2.38. The molecule has 0 aliphatic heterocycles. The van der Waals surface area contributed by atoms with Gasteiger partial charge in [-0.1, -0.05) is 12.1 Å². The number of amides is 2. The lowest BCUT2D eigenvalue weighted by atomic mass is 10.1. The van der Waals surface area contributed by atoms with Gasteiger partial charge in [0.15, 0.2) is 0 Å². The molecule has 1 rings (SSSR count). The molecular weight excluding hydrogens is 230 g/mol. The Hall–Kier alpha value is -1.59. The van der Waals surface area contributed by atoms with Gasteiger partial charge in [0.1, 0.15) is 0 Å². The van der Waals surface area contributed by atoms with Gasteiger partial charge in [-0.25, -0.2) is 4.79 Å². The van der Waals surface area contributed by atoms with Gasteiger partial charge in [0, 0.05) is 19.3 Å². The van der Waals surface area contributed by atoms with E-state index in [1.807, 2.05) is 38.1 Å². The van der Waals surface area contributed by atoms with Crippen molar-refractivity contribution in [2.75, 3.05) is 19.0 Å². The lowest BCUT2D eigenvalue weighted by Gasteiger charge is -2.25. The third-order valence-electron chi connectivity index (χ3n) is 2.38. The molecule has 0 spiro atoms. The molecule has 0 aromatic heterocycles. The van der Waals surface area contributed by atoms with Crippen molar-refractivity contribution in [2.45, 2.75) is 25.9 Å². The van der Waals surface area contributed by atoms with Gasteiger partial charge in [0.25, 0.3) is 0 Å². The van der Waals surface area contributed by atoms with Crippen LogP contribution in [-0.2, 0) is 11.3 Å². The smallest absolute Gasteiger partial charge is 0.319 e. The van der Waals surface area contributed by atoms with Crippen molar-refractivity contribution < 1.29 is 9.53 Å². The fraction of sp³-hybridized carbons (Fsp3) is 0.462. The first-order chi connectivity index (χ1) is 8.46. The topological polar surface area (TPSA) is 76.4 Å². The van der Waals surface area contributed by atoms with Gasteiger partial charge >= 0.3 is 6.03 Å². The van der Waals surface area contributed by atoms with E-state index in [1.165, 1.54) is 0 Å². The second-order valence-electron chi connectivity index (χ2n) is 4.80. The highest BCUT2D eigenvalue weighted by Crippen LogP contribution is 2.10. The first-order valence-electron chi connectivity index (χ1n) is 5.84. The Morgan fingerprint density at radius 1 is 1.44 bits per heavy atom. The Morgan fingerprint density at radius 3 is 2.78 bits per heavy atom. The van der Waals surface area contributed by atoms with Crippen molar-refractivity contribution in [3.05, 3.63) is 29.8 Å². The molecule has 0 aliphatic rings. The van der Waals surface area contributed by atoms with Gasteiger partial charge in [-0.2, -0.15) is 0 Å². The number of rotatable bonds is 5. The summed E-state index contributed by atoms with van der Waals surface area (Å²) >= 11 is 0. The van der Waals surface area contributed by atoms with E-state index >= 15 is 0 Å². The standard InChI is InChI=1S/C13H21N3O2/c1-13(2,9-18-3)16-12(17)15-11-6-4-5-10(7-11)8-14/h4-7H,8-9,14H2,1-3H3,(H2,15,16,17). The van der Waals surface area contributed by atoms with E-state index < -0.39 is 5.54 Å². The molecule has 0 unspecified atom stereocenters. The minimum atomic E-state index is -0.412. The molecule has 1 aromatic rings. The number of methoxy groups -OCH3 is 1. The molecule has 0 fully saturated rings. The number of anilines is 1. The van der Waals surface area contributed by atoms with Crippen LogP contribution < -0.4 is 16.4 Å². The number of nitrogens with one attached hydrogen (secondary N) is 2. The molecule has 5 nitrogen and oxygen atoms in total. The van der Waals surface area contributed by atoms with Gasteiger partial charge in [0.05, 0.1) is 12.1 Å². The summed E-state index contributed by atoms with van der Waals surface area (Å²) in [6, 6.07) is 7.19. The molecule has 18 heavy (non-hydrogen) atoms. The van der Waals surface area contributed by atoms with Gasteiger partial charge in [-0.05, 0) is 31.5 Å². The monoisotopic (exact) mass is 251 g/mol. The van der Waals surface area contributed by atoms with Gasteiger partial charge in [-0.3, -0.25) is 0 Å². The molecule has 5 heteroatoms. The summed E-state index contributed by atoms with van der Waals surface area (Å²) in [5.74, 6) is 0. The summed E-state index contributed by atoms with van der Waals surface area (Å²) < 4.78 is 5.04. The van der Waals surface area contributed by atoms with E-state index in [2.05, 4.69) is 10.6 Å². The van der Waals surface area contributed by atoms with Crippen molar-refractivity contribution in [1.29, 1.82) is 0 Å². The average molecular weight is 251 g/mol. The van der Waals surface area contributed by atoms with Crippen molar-refractivity contribution in [3.63, 3.8) is 0 Å². The molecule has 2 amide bonds. The first kappa shape index (κ1) is 14.5.